The molecule has 1 N–H and O–H groups in total. The number of halogens is 2. The molecule has 0 atom stereocenters. The van der Waals surface area contributed by atoms with Crippen LogP contribution in [0.25, 0.3) is 0 Å². The Morgan fingerprint density at radius 1 is 1.10 bits per heavy atom. The van der Waals surface area contributed by atoms with Crippen LogP contribution in [0.15, 0.2) is 48.5 Å². The van der Waals surface area contributed by atoms with Gasteiger partial charge in [0.25, 0.3) is 0 Å². The van der Waals surface area contributed by atoms with Crippen LogP contribution in [0.3, 0.4) is 0 Å². The molecule has 0 saturated carbocycles. The van der Waals surface area contributed by atoms with Gasteiger partial charge in [-0.05, 0) is 41.7 Å². The van der Waals surface area contributed by atoms with Crippen molar-refractivity contribution in [1.29, 1.82) is 0 Å². The molecule has 0 radical (unpaired) electrons. The Bertz CT molecular complexity index is 992. The molecule has 0 aliphatic carbocycles. The number of aryl methyl sites for hydroxylation is 1. The highest BCUT2D eigenvalue weighted by atomic mass is 19.3. The van der Waals surface area contributed by atoms with E-state index in [2.05, 4.69) is 10.1 Å². The first-order valence-corrected chi connectivity index (χ1v) is 9.48. The first-order valence-electron chi connectivity index (χ1n) is 9.48. The van der Waals surface area contributed by atoms with E-state index in [-0.39, 0.29) is 5.56 Å². The number of nitrogens with zero attached hydrogens (tertiary/aromatic N) is 3. The van der Waals surface area contributed by atoms with E-state index in [4.69, 9.17) is 5.11 Å². The molecule has 0 amide bonds. The summed E-state index contributed by atoms with van der Waals surface area (Å²) >= 11 is 0. The van der Waals surface area contributed by atoms with Crippen molar-refractivity contribution in [1.82, 2.24) is 14.8 Å². The number of carbonyl (C=O) groups is 1. The van der Waals surface area contributed by atoms with Crippen LogP contribution < -0.4 is 0 Å². The van der Waals surface area contributed by atoms with E-state index in [1.807, 2.05) is 37.3 Å². The third-order valence-corrected chi connectivity index (χ3v) is 4.55. The Hall–Kier alpha value is -3.09. The summed E-state index contributed by atoms with van der Waals surface area (Å²) in [6.07, 6.45) is 1.99. The summed E-state index contributed by atoms with van der Waals surface area (Å²) in [4.78, 5) is 15.1. The highest BCUT2D eigenvalue weighted by Crippen LogP contribution is 2.24. The minimum Gasteiger partial charge on any atom is -0.478 e. The smallest absolute Gasteiger partial charge is 0.335 e. The Morgan fingerprint density at radius 2 is 1.79 bits per heavy atom. The fourth-order valence-electron chi connectivity index (χ4n) is 3.08. The number of alkyl halides is 2. The minimum atomic E-state index is -3.07. The summed E-state index contributed by atoms with van der Waals surface area (Å²) in [5, 5.41) is 13.1. The van der Waals surface area contributed by atoms with Gasteiger partial charge in [-0.25, -0.2) is 14.5 Å². The number of hydrogen-bond donors (Lipinski definition) is 1. The van der Waals surface area contributed by atoms with Gasteiger partial charge in [0, 0.05) is 13.3 Å². The van der Waals surface area contributed by atoms with Gasteiger partial charge in [0.1, 0.15) is 5.82 Å². The lowest BCUT2D eigenvalue weighted by Crippen LogP contribution is -2.11. The van der Waals surface area contributed by atoms with Crippen molar-refractivity contribution in [3.8, 4) is 0 Å². The fraction of sp³-hybridized carbons (Fsp3) is 0.318. The molecule has 0 fully saturated rings. The molecule has 0 aliphatic heterocycles. The maximum atomic E-state index is 13.6. The van der Waals surface area contributed by atoms with Gasteiger partial charge in [-0.1, -0.05) is 43.3 Å². The topological polar surface area (TPSA) is 68.0 Å². The Morgan fingerprint density at radius 3 is 2.41 bits per heavy atom. The molecule has 3 aromatic rings. The van der Waals surface area contributed by atoms with Gasteiger partial charge in [-0.3, -0.25) is 0 Å². The van der Waals surface area contributed by atoms with E-state index >= 15 is 0 Å². The van der Waals surface area contributed by atoms with Crippen molar-refractivity contribution >= 4 is 5.97 Å². The molecule has 29 heavy (non-hydrogen) atoms. The van der Waals surface area contributed by atoms with Gasteiger partial charge < -0.3 is 5.11 Å². The Labute approximate surface area is 168 Å². The zero-order valence-electron chi connectivity index (χ0n) is 16.4. The average Bonchev–Trinajstić information content (AvgIpc) is 3.07. The third-order valence-electron chi connectivity index (χ3n) is 4.55. The number of aromatic nitrogens is 3. The van der Waals surface area contributed by atoms with E-state index in [9.17, 15) is 13.6 Å². The molecule has 2 aromatic carbocycles. The van der Waals surface area contributed by atoms with Crippen LogP contribution in [0.1, 0.15) is 59.0 Å². The summed E-state index contributed by atoms with van der Waals surface area (Å²) in [6.45, 7) is 3.14. The van der Waals surface area contributed by atoms with Crippen LogP contribution in [0, 0.1) is 0 Å². The second-order valence-electron chi connectivity index (χ2n) is 7.15. The molecule has 7 heteroatoms. The molecule has 0 saturated heterocycles. The second-order valence-corrected chi connectivity index (χ2v) is 7.15. The maximum Gasteiger partial charge on any atom is 0.335 e. The van der Waals surface area contributed by atoms with Gasteiger partial charge in [-0.2, -0.15) is 8.78 Å². The number of aromatic carboxylic acids is 1. The summed E-state index contributed by atoms with van der Waals surface area (Å²) < 4.78 is 28.7. The first-order chi connectivity index (χ1) is 13.8. The summed E-state index contributed by atoms with van der Waals surface area (Å²) in [5.41, 5.74) is 3.14. The zero-order valence-corrected chi connectivity index (χ0v) is 16.4. The Balaban J connectivity index is 1.75. The van der Waals surface area contributed by atoms with Gasteiger partial charge >= 0.3 is 11.9 Å². The van der Waals surface area contributed by atoms with Crippen LogP contribution in [0.4, 0.5) is 8.78 Å². The molecule has 0 bridgehead atoms. The van der Waals surface area contributed by atoms with E-state index in [0.29, 0.717) is 25.2 Å². The van der Waals surface area contributed by atoms with E-state index < -0.39 is 17.7 Å². The molecule has 152 valence electrons. The lowest BCUT2D eigenvalue weighted by atomic mass is 10.0. The number of rotatable bonds is 8. The van der Waals surface area contributed by atoms with Crippen molar-refractivity contribution in [2.45, 2.75) is 45.6 Å². The zero-order chi connectivity index (χ0) is 21.0. The maximum absolute atomic E-state index is 13.6. The number of hydrogen-bond acceptors (Lipinski definition) is 3. The molecule has 3 rings (SSSR count). The van der Waals surface area contributed by atoms with Crippen molar-refractivity contribution in [2.24, 2.45) is 0 Å². The van der Waals surface area contributed by atoms with Gasteiger partial charge in [0.05, 0.1) is 12.1 Å². The molecule has 1 aromatic heterocycles. The normalized spacial score (nSPS) is 11.6. The number of benzene rings is 2. The minimum absolute atomic E-state index is 0.261. The predicted molar refractivity (Wildman–Crippen MR) is 105 cm³/mol. The monoisotopic (exact) mass is 399 g/mol. The van der Waals surface area contributed by atoms with E-state index in [0.717, 1.165) is 30.0 Å². The molecule has 0 unspecified atom stereocenters. The lowest BCUT2D eigenvalue weighted by Gasteiger charge is -2.08. The second kappa shape index (κ2) is 8.51. The highest BCUT2D eigenvalue weighted by molar-refractivity contribution is 5.87. The van der Waals surface area contributed by atoms with Crippen molar-refractivity contribution in [3.05, 3.63) is 82.4 Å². The predicted octanol–water partition coefficient (Wildman–Crippen LogP) is 4.68. The fourth-order valence-corrected chi connectivity index (χ4v) is 3.08. The van der Waals surface area contributed by atoms with Crippen molar-refractivity contribution < 1.29 is 18.7 Å². The highest BCUT2D eigenvalue weighted by Gasteiger charge is 2.31. The summed E-state index contributed by atoms with van der Waals surface area (Å²) in [6, 6.07) is 14.6. The SMILES string of the molecule is CCCc1nc(C(C)(F)F)nn1Cc1ccc(Cc2cccc(C(=O)O)c2)cc1. The standard InChI is InChI=1S/C22H23F2N3O2/c1-3-5-19-25-21(22(2,23)24)26-27(19)14-16-10-8-15(9-11-16)12-17-6-4-7-18(13-17)20(28)29/h4,6-11,13H,3,5,12,14H2,1-2H3,(H,28,29). The number of carboxylic acids is 1. The quantitative estimate of drug-likeness (QED) is 0.597. The van der Waals surface area contributed by atoms with Crippen LogP contribution >= 0.6 is 0 Å². The van der Waals surface area contributed by atoms with Crippen LogP contribution in [0.5, 0.6) is 0 Å². The summed E-state index contributed by atoms with van der Waals surface area (Å²) in [7, 11) is 0. The van der Waals surface area contributed by atoms with Crippen LogP contribution in [-0.2, 0) is 25.3 Å². The molecular formula is C22H23F2N3O2. The van der Waals surface area contributed by atoms with Crippen LogP contribution in [-0.4, -0.2) is 25.8 Å². The van der Waals surface area contributed by atoms with E-state index in [1.54, 1.807) is 22.9 Å². The molecule has 0 aliphatic rings. The number of carboxylic acid groups (broad SMARTS) is 1. The van der Waals surface area contributed by atoms with Crippen molar-refractivity contribution in [2.75, 3.05) is 0 Å². The van der Waals surface area contributed by atoms with Crippen molar-refractivity contribution in [3.63, 3.8) is 0 Å². The first kappa shape index (κ1) is 20.6. The lowest BCUT2D eigenvalue weighted by molar-refractivity contribution is 0.00755. The molecule has 5 nitrogen and oxygen atoms in total. The van der Waals surface area contributed by atoms with E-state index in [1.165, 1.54) is 0 Å². The van der Waals surface area contributed by atoms with Gasteiger partial charge in [0.2, 0.25) is 5.82 Å². The molecule has 0 spiro atoms. The van der Waals surface area contributed by atoms with Gasteiger partial charge in [-0.15, -0.1) is 5.10 Å². The molecular weight excluding hydrogens is 376 g/mol. The summed E-state index contributed by atoms with van der Waals surface area (Å²) in [5.74, 6) is -3.91. The van der Waals surface area contributed by atoms with Crippen LogP contribution in [0.2, 0.25) is 0 Å². The largest absolute Gasteiger partial charge is 0.478 e. The third kappa shape index (κ3) is 5.25. The molecule has 1 heterocycles. The Kier molecular flexibility index (Phi) is 6.06. The average molecular weight is 399 g/mol. The van der Waals surface area contributed by atoms with Gasteiger partial charge in [0.15, 0.2) is 0 Å².